The molecule has 3 aliphatic rings. The van der Waals surface area contributed by atoms with Crippen LogP contribution in [0.1, 0.15) is 58.0 Å². The predicted molar refractivity (Wildman–Crippen MR) is 120 cm³/mol. The lowest BCUT2D eigenvalue weighted by molar-refractivity contribution is -0.0443. The molecule has 1 amide bonds. The van der Waals surface area contributed by atoms with Crippen LogP contribution in [0.3, 0.4) is 0 Å². The van der Waals surface area contributed by atoms with E-state index in [9.17, 15) is 4.79 Å². The molecule has 3 aliphatic heterocycles. The Morgan fingerprint density at radius 2 is 1.90 bits per heavy atom. The number of hydrogen-bond acceptors (Lipinski definition) is 6. The minimum Gasteiger partial charge on any atom is -0.490 e. The number of halogens is 1. The third-order valence-corrected chi connectivity index (χ3v) is 6.14. The Bertz CT molecular complexity index is 864. The molecule has 0 aliphatic carbocycles. The Labute approximate surface area is 191 Å². The van der Waals surface area contributed by atoms with Gasteiger partial charge in [-0.05, 0) is 45.9 Å². The highest BCUT2D eigenvalue weighted by molar-refractivity contribution is 9.15. The number of fused-ring (bicyclic) bond motifs is 1. The van der Waals surface area contributed by atoms with Gasteiger partial charge in [-0.3, -0.25) is 0 Å². The van der Waals surface area contributed by atoms with Crippen molar-refractivity contribution in [1.82, 2.24) is 4.90 Å². The Balaban J connectivity index is 1.56. The Hall–Kier alpha value is -1.77. The van der Waals surface area contributed by atoms with Crippen molar-refractivity contribution in [2.75, 3.05) is 32.9 Å². The van der Waals surface area contributed by atoms with Crippen molar-refractivity contribution in [3.63, 3.8) is 0 Å². The predicted octanol–water partition coefficient (Wildman–Crippen LogP) is 5.03. The first-order valence-electron chi connectivity index (χ1n) is 10.8. The molecule has 31 heavy (non-hydrogen) atoms. The van der Waals surface area contributed by atoms with Gasteiger partial charge in [-0.2, -0.15) is 0 Å². The van der Waals surface area contributed by atoms with Gasteiger partial charge < -0.3 is 28.6 Å². The average molecular weight is 496 g/mol. The van der Waals surface area contributed by atoms with Crippen LogP contribution < -0.4 is 9.47 Å². The molecule has 3 heterocycles. The quantitative estimate of drug-likeness (QED) is 0.585. The topological polar surface area (TPSA) is 66.5 Å². The summed E-state index contributed by atoms with van der Waals surface area (Å²) in [4.78, 5) is 14.2. The molecule has 1 aromatic carbocycles. The van der Waals surface area contributed by atoms with Crippen LogP contribution in [0.15, 0.2) is 18.2 Å². The number of amides is 1. The molecule has 8 heteroatoms. The highest BCUT2D eigenvalue weighted by Crippen LogP contribution is 2.49. The molecule has 7 nitrogen and oxygen atoms in total. The number of nitrogens with zero attached hydrogens (tertiary/aromatic N) is 1. The van der Waals surface area contributed by atoms with Gasteiger partial charge >= 0.3 is 6.09 Å². The standard InChI is InChI=1S/C23H30BrNO6/c1-5-27-18-13-15(20-28-10-11-29-20)12-16-17(24)14-23(30-19(16)18)6-8-25(9-7-23)21(26)31-22(2,3)4/h12-14,20H,5-11H2,1-4H3. The summed E-state index contributed by atoms with van der Waals surface area (Å²) in [5.41, 5.74) is 0.814. The van der Waals surface area contributed by atoms with Crippen molar-refractivity contribution in [3.05, 3.63) is 29.3 Å². The summed E-state index contributed by atoms with van der Waals surface area (Å²) >= 11 is 3.75. The molecule has 0 N–H and O–H groups in total. The number of piperidine rings is 1. The molecule has 2 fully saturated rings. The molecule has 0 unspecified atom stereocenters. The van der Waals surface area contributed by atoms with Gasteiger partial charge in [0, 0.05) is 41.5 Å². The minimum absolute atomic E-state index is 0.280. The van der Waals surface area contributed by atoms with Crippen molar-refractivity contribution < 1.29 is 28.5 Å². The smallest absolute Gasteiger partial charge is 0.410 e. The van der Waals surface area contributed by atoms with E-state index < -0.39 is 17.5 Å². The molecule has 1 spiro atoms. The summed E-state index contributed by atoms with van der Waals surface area (Å²) in [6.45, 7) is 10.4. The van der Waals surface area contributed by atoms with E-state index in [0.717, 1.165) is 15.6 Å². The number of ether oxygens (including phenoxy) is 5. The van der Waals surface area contributed by atoms with Crippen LogP contribution in [0.4, 0.5) is 4.79 Å². The van der Waals surface area contributed by atoms with Crippen LogP contribution in [0, 0.1) is 0 Å². The lowest BCUT2D eigenvalue weighted by Gasteiger charge is -2.43. The fraction of sp³-hybridized carbons (Fsp3) is 0.609. The Kier molecular flexibility index (Phi) is 6.25. The maximum Gasteiger partial charge on any atom is 0.410 e. The molecule has 0 saturated carbocycles. The normalized spacial score (nSPS) is 20.8. The Morgan fingerprint density at radius 1 is 1.23 bits per heavy atom. The summed E-state index contributed by atoms with van der Waals surface area (Å²) in [6.07, 6.45) is 2.78. The van der Waals surface area contributed by atoms with Crippen LogP contribution in [0.5, 0.6) is 11.5 Å². The van der Waals surface area contributed by atoms with Crippen LogP contribution in [-0.4, -0.2) is 55.1 Å². The number of carbonyl (C=O) groups excluding carboxylic acids is 1. The first-order valence-corrected chi connectivity index (χ1v) is 11.6. The molecule has 0 atom stereocenters. The van der Waals surface area contributed by atoms with Crippen molar-refractivity contribution >= 4 is 26.5 Å². The van der Waals surface area contributed by atoms with E-state index in [-0.39, 0.29) is 6.09 Å². The van der Waals surface area contributed by atoms with Gasteiger partial charge in [0.15, 0.2) is 17.8 Å². The van der Waals surface area contributed by atoms with E-state index in [1.165, 1.54) is 0 Å². The third kappa shape index (κ3) is 4.86. The first kappa shape index (κ1) is 22.4. The second-order valence-electron chi connectivity index (χ2n) is 9.03. The first-order chi connectivity index (χ1) is 14.7. The van der Waals surface area contributed by atoms with Gasteiger partial charge in [0.05, 0.1) is 19.8 Å². The number of hydrogen-bond donors (Lipinski definition) is 0. The van der Waals surface area contributed by atoms with Crippen LogP contribution >= 0.6 is 15.9 Å². The van der Waals surface area contributed by atoms with Gasteiger partial charge in [-0.25, -0.2) is 4.79 Å². The summed E-state index contributed by atoms with van der Waals surface area (Å²) < 4.78 is 30.3. The molecule has 0 radical (unpaired) electrons. The van der Waals surface area contributed by atoms with Crippen molar-refractivity contribution in [1.29, 1.82) is 0 Å². The van der Waals surface area contributed by atoms with Crippen LogP contribution in [0.2, 0.25) is 0 Å². The van der Waals surface area contributed by atoms with E-state index in [1.54, 1.807) is 4.90 Å². The maximum atomic E-state index is 12.4. The van der Waals surface area contributed by atoms with Crippen molar-refractivity contribution in [3.8, 4) is 11.5 Å². The molecule has 4 rings (SSSR count). The molecular formula is C23H30BrNO6. The minimum atomic E-state index is -0.508. The van der Waals surface area contributed by atoms with E-state index in [2.05, 4.69) is 22.0 Å². The van der Waals surface area contributed by atoms with Gasteiger partial charge in [0.2, 0.25) is 0 Å². The largest absolute Gasteiger partial charge is 0.490 e. The van der Waals surface area contributed by atoms with Gasteiger partial charge in [-0.1, -0.05) is 15.9 Å². The van der Waals surface area contributed by atoms with E-state index >= 15 is 0 Å². The number of rotatable bonds is 3. The molecule has 0 bridgehead atoms. The maximum absolute atomic E-state index is 12.4. The van der Waals surface area contributed by atoms with E-state index in [0.29, 0.717) is 57.3 Å². The van der Waals surface area contributed by atoms with Gasteiger partial charge in [-0.15, -0.1) is 0 Å². The van der Waals surface area contributed by atoms with E-state index in [4.69, 9.17) is 23.7 Å². The van der Waals surface area contributed by atoms with Crippen molar-refractivity contribution in [2.45, 2.75) is 58.0 Å². The van der Waals surface area contributed by atoms with Crippen molar-refractivity contribution in [2.24, 2.45) is 0 Å². The number of carbonyl (C=O) groups is 1. The zero-order valence-corrected chi connectivity index (χ0v) is 20.1. The molecule has 0 aromatic heterocycles. The van der Waals surface area contributed by atoms with Crippen LogP contribution in [-0.2, 0) is 14.2 Å². The fourth-order valence-corrected chi connectivity index (χ4v) is 4.75. The summed E-state index contributed by atoms with van der Waals surface area (Å²) in [5.74, 6) is 1.39. The zero-order chi connectivity index (χ0) is 22.2. The third-order valence-electron chi connectivity index (χ3n) is 5.48. The lowest BCUT2D eigenvalue weighted by Crippen LogP contribution is -2.50. The number of benzene rings is 1. The van der Waals surface area contributed by atoms with Gasteiger partial charge in [0.1, 0.15) is 11.2 Å². The lowest BCUT2D eigenvalue weighted by atomic mass is 9.87. The second-order valence-corrected chi connectivity index (χ2v) is 9.88. The van der Waals surface area contributed by atoms with Crippen LogP contribution in [0.25, 0.3) is 4.48 Å². The molecule has 170 valence electrons. The summed E-state index contributed by atoms with van der Waals surface area (Å²) in [5, 5.41) is 0. The fourth-order valence-electron chi connectivity index (χ4n) is 4.04. The van der Waals surface area contributed by atoms with E-state index in [1.807, 2.05) is 39.8 Å². The monoisotopic (exact) mass is 495 g/mol. The highest BCUT2D eigenvalue weighted by atomic mass is 79.9. The highest BCUT2D eigenvalue weighted by Gasteiger charge is 2.41. The van der Waals surface area contributed by atoms with Gasteiger partial charge in [0.25, 0.3) is 0 Å². The summed E-state index contributed by atoms with van der Waals surface area (Å²) in [6, 6.07) is 3.96. The average Bonchev–Trinajstić information content (AvgIpc) is 3.23. The summed E-state index contributed by atoms with van der Waals surface area (Å²) in [7, 11) is 0. The molecular weight excluding hydrogens is 466 g/mol. The number of likely N-dealkylation sites (tertiary alicyclic amines) is 1. The SMILES string of the molecule is CCOc1cc(C2OCCO2)cc2c1OC1(C=C2Br)CCN(C(=O)OC(C)(C)C)CC1. The molecule has 1 aromatic rings. The second kappa shape index (κ2) is 8.64. The zero-order valence-electron chi connectivity index (χ0n) is 18.5. The molecule has 2 saturated heterocycles. The Morgan fingerprint density at radius 3 is 2.52 bits per heavy atom.